The van der Waals surface area contributed by atoms with Crippen LogP contribution in [0.25, 0.3) is 11.1 Å². The lowest BCUT2D eigenvalue weighted by Gasteiger charge is -2.13. The number of anilines is 2. The van der Waals surface area contributed by atoms with Crippen molar-refractivity contribution in [2.45, 2.75) is 0 Å². The predicted octanol–water partition coefficient (Wildman–Crippen LogP) is 5.03. The maximum Gasteiger partial charge on any atom is 0.219 e. The number of pyridine rings is 2. The van der Waals surface area contributed by atoms with Gasteiger partial charge in [-0.1, -0.05) is 12.1 Å². The van der Waals surface area contributed by atoms with Crippen LogP contribution in [-0.4, -0.2) is 9.97 Å². The van der Waals surface area contributed by atoms with E-state index >= 15 is 0 Å². The summed E-state index contributed by atoms with van der Waals surface area (Å²) in [5.74, 6) is 1.45. The maximum atomic E-state index is 13.3. The van der Waals surface area contributed by atoms with E-state index in [9.17, 15) is 4.39 Å². The van der Waals surface area contributed by atoms with Gasteiger partial charge in [0.05, 0.1) is 23.8 Å². The third kappa shape index (κ3) is 4.41. The van der Waals surface area contributed by atoms with Crippen molar-refractivity contribution in [1.82, 2.24) is 9.97 Å². The molecule has 0 atom stereocenters. The standard InChI is InChI=1S/C22H17FN4O2/c23-15-3-1-14(2-4-15)19-8-7-18(28-21-9-5-16(24)12-26-21)11-20(19)29-22-10-6-17(25)13-27-22/h1-13H,24-25H2. The van der Waals surface area contributed by atoms with Gasteiger partial charge >= 0.3 is 0 Å². The van der Waals surface area contributed by atoms with E-state index in [-0.39, 0.29) is 5.82 Å². The van der Waals surface area contributed by atoms with Gasteiger partial charge in [-0.15, -0.1) is 0 Å². The molecular weight excluding hydrogens is 371 g/mol. The van der Waals surface area contributed by atoms with Gasteiger partial charge in [-0.2, -0.15) is 0 Å². The molecule has 6 nitrogen and oxygen atoms in total. The van der Waals surface area contributed by atoms with Crippen LogP contribution in [0.1, 0.15) is 0 Å². The normalized spacial score (nSPS) is 10.5. The van der Waals surface area contributed by atoms with Crippen molar-refractivity contribution in [3.05, 3.63) is 84.9 Å². The highest BCUT2D eigenvalue weighted by Crippen LogP contribution is 2.37. The minimum atomic E-state index is -0.314. The third-order valence-electron chi connectivity index (χ3n) is 4.06. The molecule has 0 aliphatic heterocycles. The minimum Gasteiger partial charge on any atom is -0.439 e. The average molecular weight is 388 g/mol. The van der Waals surface area contributed by atoms with Crippen molar-refractivity contribution in [3.63, 3.8) is 0 Å². The quantitative estimate of drug-likeness (QED) is 0.498. The second-order valence-corrected chi connectivity index (χ2v) is 6.23. The van der Waals surface area contributed by atoms with Gasteiger partial charge in [-0.05, 0) is 42.0 Å². The lowest BCUT2D eigenvalue weighted by Crippen LogP contribution is -1.94. The first kappa shape index (κ1) is 18.2. The Bertz CT molecular complexity index is 1120. The molecule has 29 heavy (non-hydrogen) atoms. The Balaban J connectivity index is 1.70. The van der Waals surface area contributed by atoms with Crippen molar-refractivity contribution >= 4 is 11.4 Å². The van der Waals surface area contributed by atoms with Gasteiger partial charge < -0.3 is 20.9 Å². The number of nitrogens with two attached hydrogens (primary N) is 2. The summed E-state index contributed by atoms with van der Waals surface area (Å²) in [5.41, 5.74) is 14.0. The number of halogens is 1. The van der Waals surface area contributed by atoms with Crippen LogP contribution in [0, 0.1) is 5.82 Å². The Morgan fingerprint density at radius 2 is 1.31 bits per heavy atom. The SMILES string of the molecule is Nc1ccc(Oc2ccc(-c3ccc(F)cc3)c(Oc3ccc(N)cn3)c2)nc1. The van der Waals surface area contributed by atoms with Crippen LogP contribution in [0.2, 0.25) is 0 Å². The van der Waals surface area contributed by atoms with Crippen LogP contribution < -0.4 is 20.9 Å². The maximum absolute atomic E-state index is 13.3. The zero-order valence-corrected chi connectivity index (χ0v) is 15.2. The van der Waals surface area contributed by atoms with Gasteiger partial charge in [0.25, 0.3) is 0 Å². The molecule has 4 rings (SSSR count). The van der Waals surface area contributed by atoms with Gasteiger partial charge in [0, 0.05) is 23.8 Å². The zero-order chi connectivity index (χ0) is 20.2. The fourth-order valence-electron chi connectivity index (χ4n) is 2.66. The molecule has 0 spiro atoms. The smallest absolute Gasteiger partial charge is 0.219 e. The first-order valence-electron chi connectivity index (χ1n) is 8.75. The van der Waals surface area contributed by atoms with Crippen molar-refractivity contribution in [2.75, 3.05) is 11.5 Å². The topological polar surface area (TPSA) is 96.3 Å². The summed E-state index contributed by atoms with van der Waals surface area (Å²) >= 11 is 0. The second-order valence-electron chi connectivity index (χ2n) is 6.23. The largest absolute Gasteiger partial charge is 0.439 e. The fraction of sp³-hybridized carbons (Fsp3) is 0. The highest BCUT2D eigenvalue weighted by Gasteiger charge is 2.12. The van der Waals surface area contributed by atoms with Crippen molar-refractivity contribution < 1.29 is 13.9 Å². The van der Waals surface area contributed by atoms with E-state index in [1.807, 2.05) is 6.07 Å². The molecular formula is C22H17FN4O2. The Hall–Kier alpha value is -4.13. The van der Waals surface area contributed by atoms with Crippen LogP contribution in [0.3, 0.4) is 0 Å². The number of nitrogen functional groups attached to an aromatic ring is 2. The number of ether oxygens (including phenoxy) is 2. The summed E-state index contributed by atoms with van der Waals surface area (Å²) in [7, 11) is 0. The van der Waals surface area contributed by atoms with E-state index in [0.29, 0.717) is 34.6 Å². The highest BCUT2D eigenvalue weighted by atomic mass is 19.1. The molecule has 0 aliphatic rings. The lowest BCUT2D eigenvalue weighted by molar-refractivity contribution is 0.443. The van der Waals surface area contributed by atoms with Gasteiger partial charge in [-0.3, -0.25) is 0 Å². The molecule has 0 radical (unpaired) electrons. The zero-order valence-electron chi connectivity index (χ0n) is 15.2. The number of hydrogen-bond donors (Lipinski definition) is 2. The molecule has 2 aromatic heterocycles. The molecule has 2 heterocycles. The molecule has 0 aliphatic carbocycles. The molecule has 0 saturated carbocycles. The summed E-state index contributed by atoms with van der Waals surface area (Å²) in [5, 5.41) is 0. The molecule has 4 aromatic rings. The molecule has 0 saturated heterocycles. The molecule has 4 N–H and O–H groups in total. The molecule has 0 unspecified atom stereocenters. The van der Waals surface area contributed by atoms with Crippen LogP contribution >= 0.6 is 0 Å². The molecule has 0 amide bonds. The fourth-order valence-corrected chi connectivity index (χ4v) is 2.66. The lowest BCUT2D eigenvalue weighted by atomic mass is 10.0. The number of hydrogen-bond acceptors (Lipinski definition) is 6. The molecule has 7 heteroatoms. The Kier molecular flexibility index (Phi) is 4.94. The first-order valence-corrected chi connectivity index (χ1v) is 8.75. The van der Waals surface area contributed by atoms with Crippen LogP contribution in [-0.2, 0) is 0 Å². The summed E-state index contributed by atoms with van der Waals surface area (Å²) in [6.45, 7) is 0. The monoisotopic (exact) mass is 388 g/mol. The van der Waals surface area contributed by atoms with E-state index in [1.165, 1.54) is 24.5 Å². The van der Waals surface area contributed by atoms with Crippen LogP contribution in [0.4, 0.5) is 15.8 Å². The Morgan fingerprint density at radius 3 is 1.90 bits per heavy atom. The van der Waals surface area contributed by atoms with Crippen molar-refractivity contribution in [2.24, 2.45) is 0 Å². The molecule has 0 fully saturated rings. The molecule has 144 valence electrons. The van der Waals surface area contributed by atoms with Gasteiger partial charge in [-0.25, -0.2) is 14.4 Å². The second kappa shape index (κ2) is 7.85. The minimum absolute atomic E-state index is 0.314. The van der Waals surface area contributed by atoms with Crippen LogP contribution in [0.5, 0.6) is 23.3 Å². The summed E-state index contributed by atoms with van der Waals surface area (Å²) in [6.07, 6.45) is 3.02. The number of rotatable bonds is 5. The summed E-state index contributed by atoms with van der Waals surface area (Å²) < 4.78 is 25.1. The third-order valence-corrected chi connectivity index (χ3v) is 4.06. The van der Waals surface area contributed by atoms with E-state index in [1.54, 1.807) is 48.5 Å². The van der Waals surface area contributed by atoms with Gasteiger partial charge in [0.1, 0.15) is 17.3 Å². The average Bonchev–Trinajstić information content (AvgIpc) is 2.73. The van der Waals surface area contributed by atoms with E-state index < -0.39 is 0 Å². The van der Waals surface area contributed by atoms with Gasteiger partial charge in [0.2, 0.25) is 11.8 Å². The van der Waals surface area contributed by atoms with Crippen LogP contribution in [0.15, 0.2) is 79.1 Å². The predicted molar refractivity (Wildman–Crippen MR) is 109 cm³/mol. The van der Waals surface area contributed by atoms with Crippen molar-refractivity contribution in [1.29, 1.82) is 0 Å². The Morgan fingerprint density at radius 1 is 0.690 bits per heavy atom. The molecule has 0 bridgehead atoms. The molecule has 2 aromatic carbocycles. The highest BCUT2D eigenvalue weighted by molar-refractivity contribution is 5.72. The number of aromatic nitrogens is 2. The van der Waals surface area contributed by atoms with E-state index in [4.69, 9.17) is 20.9 Å². The summed E-state index contributed by atoms with van der Waals surface area (Å²) in [6, 6.07) is 18.2. The van der Waals surface area contributed by atoms with Gasteiger partial charge in [0.15, 0.2) is 0 Å². The number of benzene rings is 2. The summed E-state index contributed by atoms with van der Waals surface area (Å²) in [4.78, 5) is 8.30. The van der Waals surface area contributed by atoms with Crippen molar-refractivity contribution in [3.8, 4) is 34.4 Å². The number of nitrogens with zero attached hydrogens (tertiary/aromatic N) is 2. The van der Waals surface area contributed by atoms with E-state index in [2.05, 4.69) is 9.97 Å². The Labute approximate surface area is 166 Å². The first-order chi connectivity index (χ1) is 14.1. The van der Waals surface area contributed by atoms with E-state index in [0.717, 1.165) is 11.1 Å².